The molecule has 1 heteroatoms. The first-order valence-electron chi connectivity index (χ1n) is 7.38. The van der Waals surface area contributed by atoms with Crippen LogP contribution in [0.15, 0.2) is 60.7 Å². The van der Waals surface area contributed by atoms with Crippen LogP contribution < -0.4 is 0 Å². The van der Waals surface area contributed by atoms with E-state index in [2.05, 4.69) is 38.1 Å². The lowest BCUT2D eigenvalue weighted by Crippen LogP contribution is -2.35. The van der Waals surface area contributed by atoms with E-state index < -0.39 is 5.60 Å². The van der Waals surface area contributed by atoms with Crippen LogP contribution in [0.5, 0.6) is 0 Å². The molecule has 0 spiro atoms. The molecule has 2 rings (SSSR count). The summed E-state index contributed by atoms with van der Waals surface area (Å²) in [4.78, 5) is 0. The van der Waals surface area contributed by atoms with Crippen molar-refractivity contribution in [3.8, 4) is 0 Å². The third kappa shape index (κ3) is 4.50. The summed E-state index contributed by atoms with van der Waals surface area (Å²) in [5.41, 5.74) is 1.73. The van der Waals surface area contributed by atoms with Crippen LogP contribution in [0, 0.1) is 5.92 Å². The molecule has 0 saturated heterocycles. The Hall–Kier alpha value is -1.60. The molecule has 0 amide bonds. The minimum absolute atomic E-state index is 0.479. The first-order chi connectivity index (χ1) is 9.57. The minimum atomic E-state index is -0.670. The van der Waals surface area contributed by atoms with Gasteiger partial charge in [0.1, 0.15) is 0 Å². The predicted molar refractivity (Wildman–Crippen MR) is 84.7 cm³/mol. The molecule has 106 valence electrons. The van der Waals surface area contributed by atoms with Crippen LogP contribution in [0.2, 0.25) is 0 Å². The van der Waals surface area contributed by atoms with Crippen molar-refractivity contribution < 1.29 is 5.11 Å². The Morgan fingerprint density at radius 2 is 1.20 bits per heavy atom. The zero-order valence-corrected chi connectivity index (χ0v) is 12.4. The highest BCUT2D eigenvalue weighted by molar-refractivity contribution is 5.21. The maximum absolute atomic E-state index is 11.1. The van der Waals surface area contributed by atoms with Crippen LogP contribution in [0.25, 0.3) is 0 Å². The molecular formula is C19H24O. The average Bonchev–Trinajstić information content (AvgIpc) is 2.39. The van der Waals surface area contributed by atoms with Gasteiger partial charge in [0.05, 0.1) is 5.60 Å². The third-order valence-corrected chi connectivity index (χ3v) is 3.54. The van der Waals surface area contributed by atoms with Gasteiger partial charge in [-0.15, -0.1) is 0 Å². The lowest BCUT2D eigenvalue weighted by atomic mass is 9.82. The Kier molecular flexibility index (Phi) is 4.97. The Balaban J connectivity index is 2.17. The molecule has 0 aliphatic carbocycles. The zero-order valence-electron chi connectivity index (χ0n) is 12.4. The Bertz CT molecular complexity index is 460. The summed E-state index contributed by atoms with van der Waals surface area (Å²) in [7, 11) is 0. The standard InChI is InChI=1S/C19H24O/c1-16(2)13-19(20,14-17-9-5-3-6-10-17)15-18-11-7-4-8-12-18/h3-12,16,20H,13-15H2,1-2H3. The topological polar surface area (TPSA) is 20.2 Å². The molecule has 0 heterocycles. The van der Waals surface area contributed by atoms with E-state index in [9.17, 15) is 5.11 Å². The van der Waals surface area contributed by atoms with Gasteiger partial charge >= 0.3 is 0 Å². The van der Waals surface area contributed by atoms with Crippen molar-refractivity contribution in [1.82, 2.24) is 0 Å². The number of hydrogen-bond acceptors (Lipinski definition) is 1. The van der Waals surface area contributed by atoms with Gasteiger partial charge in [0.15, 0.2) is 0 Å². The van der Waals surface area contributed by atoms with Crippen molar-refractivity contribution >= 4 is 0 Å². The van der Waals surface area contributed by atoms with Gasteiger partial charge in [-0.25, -0.2) is 0 Å². The van der Waals surface area contributed by atoms with Crippen LogP contribution in [0.3, 0.4) is 0 Å². The van der Waals surface area contributed by atoms with E-state index in [0.717, 1.165) is 6.42 Å². The molecule has 0 aliphatic rings. The van der Waals surface area contributed by atoms with E-state index in [1.165, 1.54) is 11.1 Å². The van der Waals surface area contributed by atoms with Crippen LogP contribution in [0.1, 0.15) is 31.4 Å². The molecule has 0 saturated carbocycles. The normalized spacial score (nSPS) is 11.8. The molecule has 1 N–H and O–H groups in total. The van der Waals surface area contributed by atoms with Crippen molar-refractivity contribution in [2.24, 2.45) is 5.92 Å². The summed E-state index contributed by atoms with van der Waals surface area (Å²) in [5, 5.41) is 11.1. The van der Waals surface area contributed by atoms with Gasteiger partial charge in [-0.1, -0.05) is 74.5 Å². The fourth-order valence-corrected chi connectivity index (χ4v) is 2.92. The van der Waals surface area contributed by atoms with E-state index in [-0.39, 0.29) is 0 Å². The van der Waals surface area contributed by atoms with E-state index in [0.29, 0.717) is 18.8 Å². The SMILES string of the molecule is CC(C)CC(O)(Cc1ccccc1)Cc1ccccc1. The fraction of sp³-hybridized carbons (Fsp3) is 0.368. The number of aliphatic hydroxyl groups is 1. The molecule has 1 nitrogen and oxygen atoms in total. The molecule has 0 bridgehead atoms. The summed E-state index contributed by atoms with van der Waals surface area (Å²) < 4.78 is 0. The lowest BCUT2D eigenvalue weighted by Gasteiger charge is -2.30. The molecule has 2 aromatic rings. The second kappa shape index (κ2) is 6.71. The molecule has 0 fully saturated rings. The maximum atomic E-state index is 11.1. The molecular weight excluding hydrogens is 244 g/mol. The van der Waals surface area contributed by atoms with Gasteiger partial charge in [-0.05, 0) is 23.5 Å². The van der Waals surface area contributed by atoms with Gasteiger partial charge < -0.3 is 5.11 Å². The highest BCUT2D eigenvalue weighted by Gasteiger charge is 2.28. The maximum Gasteiger partial charge on any atom is 0.0730 e. The largest absolute Gasteiger partial charge is 0.389 e. The molecule has 0 aliphatic heterocycles. The highest BCUT2D eigenvalue weighted by atomic mass is 16.3. The molecule has 2 aromatic carbocycles. The second-order valence-corrected chi connectivity index (χ2v) is 6.15. The van der Waals surface area contributed by atoms with Crippen LogP contribution in [0.4, 0.5) is 0 Å². The molecule has 0 aromatic heterocycles. The summed E-state index contributed by atoms with van der Waals surface area (Å²) >= 11 is 0. The molecule has 0 radical (unpaired) electrons. The van der Waals surface area contributed by atoms with Crippen LogP contribution >= 0.6 is 0 Å². The Labute approximate surface area is 122 Å². The highest BCUT2D eigenvalue weighted by Crippen LogP contribution is 2.26. The summed E-state index contributed by atoms with van der Waals surface area (Å²) in [6.07, 6.45) is 2.23. The smallest absolute Gasteiger partial charge is 0.0730 e. The number of benzene rings is 2. The Morgan fingerprint density at radius 1 is 0.800 bits per heavy atom. The van der Waals surface area contributed by atoms with Crippen LogP contribution in [-0.4, -0.2) is 10.7 Å². The van der Waals surface area contributed by atoms with Gasteiger partial charge in [0.25, 0.3) is 0 Å². The lowest BCUT2D eigenvalue weighted by molar-refractivity contribution is 0.0201. The second-order valence-electron chi connectivity index (χ2n) is 6.15. The van der Waals surface area contributed by atoms with Gasteiger partial charge in [-0.2, -0.15) is 0 Å². The zero-order chi connectivity index (χ0) is 14.4. The Morgan fingerprint density at radius 3 is 1.55 bits per heavy atom. The molecule has 0 atom stereocenters. The quantitative estimate of drug-likeness (QED) is 0.830. The van der Waals surface area contributed by atoms with Gasteiger partial charge in [0, 0.05) is 12.8 Å². The number of rotatable bonds is 6. The summed E-state index contributed by atoms with van der Waals surface area (Å²) in [6.45, 7) is 4.34. The summed E-state index contributed by atoms with van der Waals surface area (Å²) in [6, 6.07) is 20.5. The van der Waals surface area contributed by atoms with Crippen molar-refractivity contribution in [1.29, 1.82) is 0 Å². The van der Waals surface area contributed by atoms with E-state index >= 15 is 0 Å². The molecule has 0 unspecified atom stereocenters. The van der Waals surface area contributed by atoms with E-state index in [1.54, 1.807) is 0 Å². The van der Waals surface area contributed by atoms with Crippen LogP contribution in [-0.2, 0) is 12.8 Å². The summed E-state index contributed by atoms with van der Waals surface area (Å²) in [5.74, 6) is 0.479. The average molecular weight is 268 g/mol. The van der Waals surface area contributed by atoms with Crippen molar-refractivity contribution in [3.05, 3.63) is 71.8 Å². The van der Waals surface area contributed by atoms with Gasteiger partial charge in [0.2, 0.25) is 0 Å². The minimum Gasteiger partial charge on any atom is -0.389 e. The molecule has 20 heavy (non-hydrogen) atoms. The van der Waals surface area contributed by atoms with Gasteiger partial charge in [-0.3, -0.25) is 0 Å². The van der Waals surface area contributed by atoms with Crippen molar-refractivity contribution in [3.63, 3.8) is 0 Å². The van der Waals surface area contributed by atoms with Crippen molar-refractivity contribution in [2.75, 3.05) is 0 Å². The monoisotopic (exact) mass is 268 g/mol. The van der Waals surface area contributed by atoms with Crippen molar-refractivity contribution in [2.45, 2.75) is 38.7 Å². The first-order valence-corrected chi connectivity index (χ1v) is 7.38. The fourth-order valence-electron chi connectivity index (χ4n) is 2.92. The predicted octanol–water partition coefficient (Wildman–Crippen LogP) is 4.25. The van der Waals surface area contributed by atoms with E-state index in [4.69, 9.17) is 0 Å². The number of hydrogen-bond donors (Lipinski definition) is 1. The van der Waals surface area contributed by atoms with E-state index in [1.807, 2.05) is 36.4 Å². The first kappa shape index (κ1) is 14.8. The third-order valence-electron chi connectivity index (χ3n) is 3.54.